The number of fused-ring (bicyclic) bond motifs is 1. The van der Waals surface area contributed by atoms with Gasteiger partial charge in [0.05, 0.1) is 24.2 Å². The Balaban J connectivity index is 1.44. The first kappa shape index (κ1) is 21.2. The molecule has 10 nitrogen and oxygen atoms in total. The number of amides is 1. The highest BCUT2D eigenvalue weighted by atomic mass is 35.5. The average molecular weight is 453 g/mol. The molecule has 32 heavy (non-hydrogen) atoms. The molecular weight excluding hydrogens is 436 g/mol. The van der Waals surface area contributed by atoms with Gasteiger partial charge in [0.25, 0.3) is 17.2 Å². The van der Waals surface area contributed by atoms with Gasteiger partial charge in [-0.1, -0.05) is 23.7 Å². The van der Waals surface area contributed by atoms with Crippen molar-refractivity contribution in [2.75, 3.05) is 6.54 Å². The summed E-state index contributed by atoms with van der Waals surface area (Å²) in [5.74, 6) is -0.239. The molecule has 0 aliphatic carbocycles. The quantitative estimate of drug-likeness (QED) is 0.339. The van der Waals surface area contributed by atoms with Gasteiger partial charge in [-0.15, -0.1) is 0 Å². The van der Waals surface area contributed by atoms with Crippen LogP contribution in [0.5, 0.6) is 0 Å². The number of carbonyl (C=O) groups is 1. The molecule has 0 radical (unpaired) electrons. The molecule has 0 saturated carbocycles. The Morgan fingerprint density at radius 2 is 1.84 bits per heavy atom. The molecule has 0 fully saturated rings. The predicted octanol–water partition coefficient (Wildman–Crippen LogP) is 2.63. The van der Waals surface area contributed by atoms with E-state index in [0.717, 1.165) is 5.56 Å². The van der Waals surface area contributed by atoms with E-state index in [1.807, 2.05) is 0 Å². The zero-order valence-electron chi connectivity index (χ0n) is 16.6. The number of halogens is 1. The zero-order chi connectivity index (χ0) is 22.7. The van der Waals surface area contributed by atoms with E-state index in [-0.39, 0.29) is 23.7 Å². The topological polar surface area (TPSA) is 125 Å². The molecule has 1 amide bonds. The fourth-order valence-electron chi connectivity index (χ4n) is 3.17. The molecule has 4 aromatic rings. The molecule has 2 heterocycles. The van der Waals surface area contributed by atoms with E-state index in [1.54, 1.807) is 41.1 Å². The van der Waals surface area contributed by atoms with Crippen molar-refractivity contribution in [3.05, 3.63) is 97.7 Å². The van der Waals surface area contributed by atoms with Crippen molar-refractivity contribution in [1.29, 1.82) is 0 Å². The molecule has 0 atom stereocenters. The van der Waals surface area contributed by atoms with Crippen LogP contribution in [0.3, 0.4) is 0 Å². The highest BCUT2D eigenvalue weighted by molar-refractivity contribution is 6.30. The monoisotopic (exact) mass is 452 g/mol. The Bertz CT molecular complexity index is 1350. The summed E-state index contributed by atoms with van der Waals surface area (Å²) in [6.45, 7) is 0.857. The summed E-state index contributed by atoms with van der Waals surface area (Å²) in [7, 11) is 0. The zero-order valence-corrected chi connectivity index (χ0v) is 17.4. The van der Waals surface area contributed by atoms with Crippen molar-refractivity contribution in [3.63, 3.8) is 0 Å². The van der Waals surface area contributed by atoms with E-state index in [0.29, 0.717) is 34.7 Å². The SMILES string of the molecule is O=C(NCCn1ncc2c(=O)n(Cc3ccc([N+](=O)[O-])cc3)cnc21)c1ccc(Cl)cc1. The second-order valence-electron chi connectivity index (χ2n) is 6.97. The maximum Gasteiger partial charge on any atom is 0.269 e. The number of carbonyl (C=O) groups excluding carboxylic acids is 1. The van der Waals surface area contributed by atoms with Crippen molar-refractivity contribution in [2.45, 2.75) is 13.1 Å². The number of nitro benzene ring substituents is 1. The number of nitrogens with zero attached hydrogens (tertiary/aromatic N) is 5. The number of non-ortho nitro benzene ring substituents is 1. The van der Waals surface area contributed by atoms with Crippen LogP contribution in [0.15, 0.2) is 65.8 Å². The third-order valence-corrected chi connectivity index (χ3v) is 5.09. The minimum absolute atomic E-state index is 0.0147. The Labute approximate surface area is 186 Å². The number of nitro groups is 1. The van der Waals surface area contributed by atoms with Crippen molar-refractivity contribution in [2.24, 2.45) is 0 Å². The lowest BCUT2D eigenvalue weighted by Crippen LogP contribution is -2.27. The van der Waals surface area contributed by atoms with Gasteiger partial charge in [0, 0.05) is 29.3 Å². The van der Waals surface area contributed by atoms with Gasteiger partial charge in [-0.05, 0) is 29.8 Å². The molecule has 162 valence electrons. The molecule has 1 N–H and O–H groups in total. The lowest BCUT2D eigenvalue weighted by atomic mass is 10.2. The number of benzene rings is 2. The summed E-state index contributed by atoms with van der Waals surface area (Å²) < 4.78 is 2.97. The summed E-state index contributed by atoms with van der Waals surface area (Å²) in [4.78, 5) is 39.6. The predicted molar refractivity (Wildman–Crippen MR) is 118 cm³/mol. The van der Waals surface area contributed by atoms with E-state index in [9.17, 15) is 19.7 Å². The van der Waals surface area contributed by atoms with E-state index in [2.05, 4.69) is 15.4 Å². The van der Waals surface area contributed by atoms with E-state index >= 15 is 0 Å². The molecule has 4 rings (SSSR count). The van der Waals surface area contributed by atoms with Crippen molar-refractivity contribution < 1.29 is 9.72 Å². The number of aromatic nitrogens is 4. The van der Waals surface area contributed by atoms with Crippen molar-refractivity contribution >= 4 is 34.2 Å². The summed E-state index contributed by atoms with van der Waals surface area (Å²) in [5, 5.41) is 18.7. The third kappa shape index (κ3) is 4.49. The Hall–Kier alpha value is -4.05. The molecule has 0 aliphatic rings. The number of hydrogen-bond donors (Lipinski definition) is 1. The highest BCUT2D eigenvalue weighted by Crippen LogP contribution is 2.13. The first-order chi connectivity index (χ1) is 15.4. The lowest BCUT2D eigenvalue weighted by molar-refractivity contribution is -0.384. The minimum atomic E-state index is -0.476. The van der Waals surface area contributed by atoms with E-state index < -0.39 is 4.92 Å². The normalized spacial score (nSPS) is 10.9. The first-order valence-electron chi connectivity index (χ1n) is 9.60. The molecule has 0 saturated heterocycles. The Morgan fingerprint density at radius 1 is 1.12 bits per heavy atom. The molecule has 2 aromatic heterocycles. The van der Waals surface area contributed by atoms with Crippen LogP contribution in [0, 0.1) is 10.1 Å². The van der Waals surface area contributed by atoms with Gasteiger partial charge in [-0.25, -0.2) is 9.67 Å². The van der Waals surface area contributed by atoms with Gasteiger partial charge in [-0.2, -0.15) is 5.10 Å². The first-order valence-corrected chi connectivity index (χ1v) is 9.98. The van der Waals surface area contributed by atoms with Gasteiger partial charge in [0.15, 0.2) is 5.65 Å². The standard InChI is InChI=1S/C21H17ClN6O4/c22-16-5-3-15(4-6-16)20(29)23-9-10-27-19-18(11-25-27)21(30)26(13-24-19)12-14-1-7-17(8-2-14)28(31)32/h1-8,11,13H,9-10,12H2,(H,23,29). The number of nitrogens with one attached hydrogen (secondary N) is 1. The third-order valence-electron chi connectivity index (χ3n) is 4.84. The van der Waals surface area contributed by atoms with Crippen LogP contribution in [0.25, 0.3) is 11.0 Å². The van der Waals surface area contributed by atoms with E-state index in [1.165, 1.54) is 29.2 Å². The molecule has 0 aliphatic heterocycles. The van der Waals surface area contributed by atoms with Gasteiger partial charge < -0.3 is 5.32 Å². The fourth-order valence-corrected chi connectivity index (χ4v) is 3.30. The fraction of sp³-hybridized carbons (Fsp3) is 0.143. The summed E-state index contributed by atoms with van der Waals surface area (Å²) in [6, 6.07) is 12.5. The molecule has 11 heteroatoms. The van der Waals surface area contributed by atoms with Crippen LogP contribution >= 0.6 is 11.6 Å². The average Bonchev–Trinajstić information content (AvgIpc) is 3.20. The summed E-state index contributed by atoms with van der Waals surface area (Å²) in [6.07, 6.45) is 2.86. The van der Waals surface area contributed by atoms with E-state index in [4.69, 9.17) is 11.6 Å². The maximum absolute atomic E-state index is 12.8. The van der Waals surface area contributed by atoms with Gasteiger partial charge >= 0.3 is 0 Å². The molecule has 0 unspecified atom stereocenters. The van der Waals surface area contributed by atoms with Gasteiger partial charge in [0.1, 0.15) is 11.7 Å². The molecular formula is C21H17ClN6O4. The van der Waals surface area contributed by atoms with Crippen LogP contribution in [-0.4, -0.2) is 36.7 Å². The Kier molecular flexibility index (Phi) is 5.95. The highest BCUT2D eigenvalue weighted by Gasteiger charge is 2.12. The smallest absolute Gasteiger partial charge is 0.269 e. The molecule has 0 spiro atoms. The number of hydrogen-bond acceptors (Lipinski definition) is 6. The van der Waals surface area contributed by atoms with Crippen molar-refractivity contribution in [3.8, 4) is 0 Å². The van der Waals surface area contributed by atoms with Crippen LogP contribution < -0.4 is 10.9 Å². The number of rotatable bonds is 7. The second-order valence-corrected chi connectivity index (χ2v) is 7.41. The molecule has 2 aromatic carbocycles. The van der Waals surface area contributed by atoms with Crippen LogP contribution in [0.2, 0.25) is 5.02 Å². The maximum atomic E-state index is 12.8. The van der Waals surface area contributed by atoms with Crippen LogP contribution in [-0.2, 0) is 13.1 Å². The van der Waals surface area contributed by atoms with Crippen molar-refractivity contribution in [1.82, 2.24) is 24.6 Å². The minimum Gasteiger partial charge on any atom is -0.350 e. The van der Waals surface area contributed by atoms with Crippen LogP contribution in [0.4, 0.5) is 5.69 Å². The van der Waals surface area contributed by atoms with Gasteiger partial charge in [-0.3, -0.25) is 24.3 Å². The van der Waals surface area contributed by atoms with Gasteiger partial charge in [0.2, 0.25) is 0 Å². The van der Waals surface area contributed by atoms with Crippen LogP contribution in [0.1, 0.15) is 15.9 Å². The largest absolute Gasteiger partial charge is 0.350 e. The lowest BCUT2D eigenvalue weighted by Gasteiger charge is -2.08. The summed E-state index contributed by atoms with van der Waals surface area (Å²) >= 11 is 5.83. The molecule has 0 bridgehead atoms. The Morgan fingerprint density at radius 3 is 2.53 bits per heavy atom. The summed E-state index contributed by atoms with van der Waals surface area (Å²) in [5.41, 5.74) is 1.35. The second kappa shape index (κ2) is 8.98.